The minimum Gasteiger partial charge on any atom is -0.377 e. The van der Waals surface area contributed by atoms with Gasteiger partial charge in [-0.2, -0.15) is 0 Å². The van der Waals surface area contributed by atoms with Gasteiger partial charge in [-0.1, -0.05) is 12.1 Å². The average molecular weight is 244 g/mol. The summed E-state index contributed by atoms with van der Waals surface area (Å²) in [7, 11) is 0. The molecule has 0 aromatic heterocycles. The summed E-state index contributed by atoms with van der Waals surface area (Å²) < 4.78 is 32.4. The Morgan fingerprint density at radius 1 is 1.29 bits per heavy atom. The quantitative estimate of drug-likeness (QED) is 0.616. The predicted octanol–water partition coefficient (Wildman–Crippen LogP) is 2.20. The molecule has 0 heterocycles. The highest BCUT2D eigenvalue weighted by atomic mass is 19.2. The van der Waals surface area contributed by atoms with Gasteiger partial charge in [-0.05, 0) is 26.3 Å². The summed E-state index contributed by atoms with van der Waals surface area (Å²) in [6.07, 6.45) is 0.00389. The van der Waals surface area contributed by atoms with Crippen molar-refractivity contribution in [3.8, 4) is 0 Å². The van der Waals surface area contributed by atoms with E-state index in [9.17, 15) is 8.78 Å². The summed E-state index contributed by atoms with van der Waals surface area (Å²) in [4.78, 5) is 0. The first kappa shape index (κ1) is 14.0. The van der Waals surface area contributed by atoms with Gasteiger partial charge < -0.3 is 4.74 Å². The van der Waals surface area contributed by atoms with E-state index in [2.05, 4.69) is 5.43 Å². The van der Waals surface area contributed by atoms with Gasteiger partial charge in [0, 0.05) is 5.56 Å². The van der Waals surface area contributed by atoms with Crippen LogP contribution in [0.3, 0.4) is 0 Å². The number of hydrogen-bond donors (Lipinski definition) is 2. The number of nitrogens with one attached hydrogen (secondary N) is 1. The molecule has 1 aromatic carbocycles. The van der Waals surface area contributed by atoms with Gasteiger partial charge in [-0.25, -0.2) is 8.78 Å². The first-order chi connectivity index (χ1) is 7.97. The number of hydrazine groups is 1. The second kappa shape index (κ2) is 6.05. The van der Waals surface area contributed by atoms with Crippen LogP contribution in [0, 0.1) is 18.6 Å². The summed E-state index contributed by atoms with van der Waals surface area (Å²) in [5.41, 5.74) is 2.88. The third-order valence-corrected chi connectivity index (χ3v) is 2.48. The molecule has 0 aliphatic rings. The molecule has 1 atom stereocenters. The summed E-state index contributed by atoms with van der Waals surface area (Å²) in [6, 6.07) is 2.47. The fraction of sp³-hybridized carbons (Fsp3) is 0.500. The SMILES string of the molecule is Cc1ccc(C(COC(C)C)NN)c(F)c1F. The summed E-state index contributed by atoms with van der Waals surface area (Å²) in [5.74, 6) is 3.61. The highest BCUT2D eigenvalue weighted by Crippen LogP contribution is 2.21. The van der Waals surface area contributed by atoms with Crippen molar-refractivity contribution in [2.24, 2.45) is 5.84 Å². The molecular formula is C12H18F2N2O. The normalized spacial score (nSPS) is 13.1. The summed E-state index contributed by atoms with van der Waals surface area (Å²) in [5, 5.41) is 0. The van der Waals surface area contributed by atoms with E-state index in [1.165, 1.54) is 19.1 Å². The number of aryl methyl sites for hydroxylation is 1. The Balaban J connectivity index is 2.92. The van der Waals surface area contributed by atoms with Crippen molar-refractivity contribution in [2.45, 2.75) is 32.9 Å². The van der Waals surface area contributed by atoms with Gasteiger partial charge in [0.05, 0.1) is 18.8 Å². The molecule has 1 rings (SSSR count). The minimum absolute atomic E-state index is 0.00389. The zero-order chi connectivity index (χ0) is 13.0. The molecule has 1 unspecified atom stereocenters. The van der Waals surface area contributed by atoms with Crippen molar-refractivity contribution in [2.75, 3.05) is 6.61 Å². The van der Waals surface area contributed by atoms with Crippen molar-refractivity contribution < 1.29 is 13.5 Å². The lowest BCUT2D eigenvalue weighted by molar-refractivity contribution is 0.0603. The van der Waals surface area contributed by atoms with Crippen LogP contribution in [-0.2, 0) is 4.74 Å². The van der Waals surface area contributed by atoms with Crippen LogP contribution in [0.25, 0.3) is 0 Å². The molecular weight excluding hydrogens is 226 g/mol. The fourth-order valence-corrected chi connectivity index (χ4v) is 1.45. The van der Waals surface area contributed by atoms with Crippen LogP contribution < -0.4 is 11.3 Å². The van der Waals surface area contributed by atoms with Gasteiger partial charge in [0.25, 0.3) is 0 Å². The van der Waals surface area contributed by atoms with E-state index >= 15 is 0 Å². The maximum absolute atomic E-state index is 13.7. The molecule has 0 saturated carbocycles. The van der Waals surface area contributed by atoms with E-state index in [-0.39, 0.29) is 23.8 Å². The highest BCUT2D eigenvalue weighted by Gasteiger charge is 2.19. The van der Waals surface area contributed by atoms with Crippen molar-refractivity contribution in [3.63, 3.8) is 0 Å². The van der Waals surface area contributed by atoms with Crippen LogP contribution >= 0.6 is 0 Å². The van der Waals surface area contributed by atoms with Gasteiger partial charge in [0.2, 0.25) is 0 Å². The maximum Gasteiger partial charge on any atom is 0.164 e. The Morgan fingerprint density at radius 2 is 1.94 bits per heavy atom. The first-order valence-electron chi connectivity index (χ1n) is 5.49. The molecule has 0 radical (unpaired) electrons. The van der Waals surface area contributed by atoms with Gasteiger partial charge in [-0.15, -0.1) is 0 Å². The summed E-state index contributed by atoms with van der Waals surface area (Å²) >= 11 is 0. The zero-order valence-electron chi connectivity index (χ0n) is 10.3. The molecule has 5 heteroatoms. The molecule has 3 N–H and O–H groups in total. The Bertz CT molecular complexity index is 383. The molecule has 3 nitrogen and oxygen atoms in total. The molecule has 0 aliphatic carbocycles. The Kier molecular flexibility index (Phi) is 4.99. The second-order valence-electron chi connectivity index (χ2n) is 4.20. The molecule has 0 spiro atoms. The highest BCUT2D eigenvalue weighted by molar-refractivity contribution is 5.27. The lowest BCUT2D eigenvalue weighted by atomic mass is 10.0. The molecule has 0 amide bonds. The third kappa shape index (κ3) is 3.46. The standard InChI is InChI=1S/C12H18F2N2O/c1-7(2)17-6-10(16-15)9-5-4-8(3)11(13)12(9)14/h4-5,7,10,16H,6,15H2,1-3H3. The number of ether oxygens (including phenoxy) is 1. The average Bonchev–Trinajstić information content (AvgIpc) is 2.29. The largest absolute Gasteiger partial charge is 0.377 e. The molecule has 0 aliphatic heterocycles. The Morgan fingerprint density at radius 3 is 2.47 bits per heavy atom. The number of rotatable bonds is 5. The zero-order valence-corrected chi connectivity index (χ0v) is 10.3. The topological polar surface area (TPSA) is 47.3 Å². The molecule has 0 bridgehead atoms. The third-order valence-electron chi connectivity index (χ3n) is 2.48. The van der Waals surface area contributed by atoms with Crippen LogP contribution in [0.5, 0.6) is 0 Å². The smallest absolute Gasteiger partial charge is 0.164 e. The Hall–Kier alpha value is -1.04. The molecule has 0 saturated heterocycles. The number of nitrogens with two attached hydrogens (primary N) is 1. The van der Waals surface area contributed by atoms with Crippen molar-refractivity contribution in [1.82, 2.24) is 5.43 Å². The predicted molar refractivity (Wildman–Crippen MR) is 62.2 cm³/mol. The van der Waals surface area contributed by atoms with E-state index < -0.39 is 17.7 Å². The molecule has 17 heavy (non-hydrogen) atoms. The number of benzene rings is 1. The van der Waals surface area contributed by atoms with Crippen molar-refractivity contribution in [1.29, 1.82) is 0 Å². The van der Waals surface area contributed by atoms with E-state index in [1.54, 1.807) is 0 Å². The van der Waals surface area contributed by atoms with Gasteiger partial charge >= 0.3 is 0 Å². The van der Waals surface area contributed by atoms with Crippen molar-refractivity contribution in [3.05, 3.63) is 34.9 Å². The van der Waals surface area contributed by atoms with E-state index in [4.69, 9.17) is 10.6 Å². The van der Waals surface area contributed by atoms with Gasteiger partial charge in [-0.3, -0.25) is 11.3 Å². The van der Waals surface area contributed by atoms with E-state index in [0.29, 0.717) is 0 Å². The van der Waals surface area contributed by atoms with E-state index in [0.717, 1.165) is 0 Å². The van der Waals surface area contributed by atoms with Gasteiger partial charge in [0.15, 0.2) is 11.6 Å². The Labute approximate surface area is 99.9 Å². The number of halogens is 2. The monoisotopic (exact) mass is 244 g/mol. The molecule has 0 fully saturated rings. The fourth-order valence-electron chi connectivity index (χ4n) is 1.45. The lowest BCUT2D eigenvalue weighted by Crippen LogP contribution is -2.33. The van der Waals surface area contributed by atoms with Crippen LogP contribution in [-0.4, -0.2) is 12.7 Å². The van der Waals surface area contributed by atoms with Gasteiger partial charge in [0.1, 0.15) is 0 Å². The minimum atomic E-state index is -0.875. The molecule has 96 valence electrons. The van der Waals surface area contributed by atoms with Crippen LogP contribution in [0.4, 0.5) is 8.78 Å². The van der Waals surface area contributed by atoms with Crippen molar-refractivity contribution >= 4 is 0 Å². The van der Waals surface area contributed by atoms with E-state index in [1.807, 2.05) is 13.8 Å². The molecule has 1 aromatic rings. The maximum atomic E-state index is 13.7. The summed E-state index contributed by atoms with van der Waals surface area (Å²) in [6.45, 7) is 5.42. The number of hydrogen-bond acceptors (Lipinski definition) is 3. The van der Waals surface area contributed by atoms with Crippen LogP contribution in [0.1, 0.15) is 31.0 Å². The van der Waals surface area contributed by atoms with Crippen LogP contribution in [0.15, 0.2) is 12.1 Å². The second-order valence-corrected chi connectivity index (χ2v) is 4.20. The van der Waals surface area contributed by atoms with Crippen LogP contribution in [0.2, 0.25) is 0 Å². The first-order valence-corrected chi connectivity index (χ1v) is 5.49. The lowest BCUT2D eigenvalue weighted by Gasteiger charge is -2.19.